The largest absolute Gasteiger partial charge is 0.301 e. The molecule has 0 saturated heterocycles. The number of hydrogen-bond donors (Lipinski definition) is 1. The molecule has 0 aromatic rings. The first kappa shape index (κ1) is 9.45. The number of nitriles is 1. The molecule has 0 saturated carbocycles. The molecule has 0 aromatic carbocycles. The monoisotopic (exact) mass is 140 g/mol. The van der Waals surface area contributed by atoms with E-state index in [1.165, 1.54) is 0 Å². The SMILES string of the molecule is CCC(NCC#N)C(C)C. The standard InChI is InChI=1S/C8H16N2/c1-4-8(7(2)3)10-6-5-9/h7-8,10H,4,6H2,1-3H3. The van der Waals surface area contributed by atoms with Gasteiger partial charge in [0, 0.05) is 6.04 Å². The van der Waals surface area contributed by atoms with E-state index in [0.29, 0.717) is 18.5 Å². The van der Waals surface area contributed by atoms with Gasteiger partial charge in [-0.3, -0.25) is 0 Å². The van der Waals surface area contributed by atoms with E-state index in [1.807, 2.05) is 0 Å². The Hall–Kier alpha value is -0.550. The fourth-order valence-electron chi connectivity index (χ4n) is 1.03. The van der Waals surface area contributed by atoms with Gasteiger partial charge in [0.2, 0.25) is 0 Å². The lowest BCUT2D eigenvalue weighted by atomic mass is 10.0. The van der Waals surface area contributed by atoms with Gasteiger partial charge in [0.1, 0.15) is 0 Å². The predicted molar refractivity (Wildman–Crippen MR) is 42.5 cm³/mol. The summed E-state index contributed by atoms with van der Waals surface area (Å²) in [6.45, 7) is 6.93. The van der Waals surface area contributed by atoms with Crippen molar-refractivity contribution in [2.75, 3.05) is 6.54 Å². The quantitative estimate of drug-likeness (QED) is 0.601. The van der Waals surface area contributed by atoms with E-state index in [4.69, 9.17) is 5.26 Å². The topological polar surface area (TPSA) is 35.8 Å². The zero-order chi connectivity index (χ0) is 7.98. The molecule has 0 bridgehead atoms. The summed E-state index contributed by atoms with van der Waals surface area (Å²) >= 11 is 0. The van der Waals surface area contributed by atoms with Crippen molar-refractivity contribution in [3.63, 3.8) is 0 Å². The van der Waals surface area contributed by atoms with Gasteiger partial charge < -0.3 is 5.32 Å². The molecule has 0 aliphatic heterocycles. The molecule has 0 aliphatic carbocycles. The molecule has 2 nitrogen and oxygen atoms in total. The van der Waals surface area contributed by atoms with Crippen LogP contribution in [0, 0.1) is 17.2 Å². The molecule has 1 atom stereocenters. The minimum Gasteiger partial charge on any atom is -0.301 e. The smallest absolute Gasteiger partial charge is 0.0843 e. The van der Waals surface area contributed by atoms with Crippen LogP contribution in [0.25, 0.3) is 0 Å². The first-order valence-corrected chi connectivity index (χ1v) is 3.82. The lowest BCUT2D eigenvalue weighted by molar-refractivity contribution is 0.405. The van der Waals surface area contributed by atoms with Crippen molar-refractivity contribution in [3.05, 3.63) is 0 Å². The van der Waals surface area contributed by atoms with Gasteiger partial charge in [-0.1, -0.05) is 20.8 Å². The third kappa shape index (κ3) is 3.47. The van der Waals surface area contributed by atoms with Gasteiger partial charge in [0.05, 0.1) is 12.6 Å². The van der Waals surface area contributed by atoms with Crippen LogP contribution in [-0.4, -0.2) is 12.6 Å². The van der Waals surface area contributed by atoms with E-state index in [1.54, 1.807) is 0 Å². The van der Waals surface area contributed by atoms with Gasteiger partial charge in [-0.2, -0.15) is 5.26 Å². The molecule has 10 heavy (non-hydrogen) atoms. The predicted octanol–water partition coefficient (Wildman–Crippen LogP) is 1.53. The molecule has 0 rings (SSSR count). The van der Waals surface area contributed by atoms with Crippen LogP contribution in [0.3, 0.4) is 0 Å². The van der Waals surface area contributed by atoms with Crippen molar-refractivity contribution in [2.45, 2.75) is 33.2 Å². The van der Waals surface area contributed by atoms with Gasteiger partial charge in [-0.05, 0) is 12.3 Å². The summed E-state index contributed by atoms with van der Waals surface area (Å²) in [6, 6.07) is 2.58. The van der Waals surface area contributed by atoms with E-state index in [0.717, 1.165) is 6.42 Å². The van der Waals surface area contributed by atoms with Crippen molar-refractivity contribution in [2.24, 2.45) is 5.92 Å². The van der Waals surface area contributed by atoms with E-state index in [2.05, 4.69) is 32.2 Å². The second-order valence-corrected chi connectivity index (χ2v) is 2.80. The second-order valence-electron chi connectivity index (χ2n) is 2.80. The highest BCUT2D eigenvalue weighted by Crippen LogP contribution is 2.03. The molecule has 1 N–H and O–H groups in total. The number of nitrogens with zero attached hydrogens (tertiary/aromatic N) is 1. The summed E-state index contributed by atoms with van der Waals surface area (Å²) in [5, 5.41) is 11.4. The molecule has 0 aliphatic rings. The fraction of sp³-hybridized carbons (Fsp3) is 0.875. The Balaban J connectivity index is 3.52. The number of hydrogen-bond acceptors (Lipinski definition) is 2. The zero-order valence-corrected chi connectivity index (χ0v) is 7.02. The van der Waals surface area contributed by atoms with Crippen molar-refractivity contribution in [1.82, 2.24) is 5.32 Å². The van der Waals surface area contributed by atoms with E-state index in [9.17, 15) is 0 Å². The normalized spacial score (nSPS) is 13.1. The molecule has 58 valence electrons. The molecule has 0 heterocycles. The Labute approximate surface area is 63.2 Å². The summed E-state index contributed by atoms with van der Waals surface area (Å²) in [5.41, 5.74) is 0. The van der Waals surface area contributed by atoms with Crippen LogP contribution in [0.4, 0.5) is 0 Å². The first-order chi connectivity index (χ1) is 4.72. The van der Waals surface area contributed by atoms with Crippen LogP contribution in [0.1, 0.15) is 27.2 Å². The lowest BCUT2D eigenvalue weighted by Gasteiger charge is -2.18. The maximum Gasteiger partial charge on any atom is 0.0843 e. The second kappa shape index (κ2) is 5.25. The highest BCUT2D eigenvalue weighted by atomic mass is 14.9. The summed E-state index contributed by atoms with van der Waals surface area (Å²) in [5.74, 6) is 0.623. The fourth-order valence-corrected chi connectivity index (χ4v) is 1.03. The van der Waals surface area contributed by atoms with Crippen LogP contribution >= 0.6 is 0 Å². The molecular formula is C8H16N2. The molecule has 0 spiro atoms. The maximum absolute atomic E-state index is 8.28. The summed E-state index contributed by atoms with van der Waals surface area (Å²) in [6.07, 6.45) is 1.10. The lowest BCUT2D eigenvalue weighted by Crippen LogP contribution is -2.33. The molecule has 2 heteroatoms. The van der Waals surface area contributed by atoms with Gasteiger partial charge in [-0.25, -0.2) is 0 Å². The van der Waals surface area contributed by atoms with E-state index in [-0.39, 0.29) is 0 Å². The molecule has 0 radical (unpaired) electrons. The molecular weight excluding hydrogens is 124 g/mol. The Morgan fingerprint density at radius 3 is 2.40 bits per heavy atom. The molecule has 0 amide bonds. The highest BCUT2D eigenvalue weighted by Gasteiger charge is 2.08. The molecule has 0 fully saturated rings. The third-order valence-corrected chi connectivity index (χ3v) is 1.69. The summed E-state index contributed by atoms with van der Waals surface area (Å²) in [7, 11) is 0. The van der Waals surface area contributed by atoms with Gasteiger partial charge >= 0.3 is 0 Å². The van der Waals surface area contributed by atoms with Crippen LogP contribution in [0.15, 0.2) is 0 Å². The highest BCUT2D eigenvalue weighted by molar-refractivity contribution is 4.78. The van der Waals surface area contributed by atoms with Gasteiger partial charge in [0.25, 0.3) is 0 Å². The van der Waals surface area contributed by atoms with Gasteiger partial charge in [0.15, 0.2) is 0 Å². The van der Waals surface area contributed by atoms with Crippen molar-refractivity contribution < 1.29 is 0 Å². The maximum atomic E-state index is 8.28. The first-order valence-electron chi connectivity index (χ1n) is 3.82. The average Bonchev–Trinajstić information content (AvgIpc) is 1.89. The summed E-state index contributed by atoms with van der Waals surface area (Å²) in [4.78, 5) is 0. The van der Waals surface area contributed by atoms with Crippen LogP contribution in [0.2, 0.25) is 0 Å². The zero-order valence-electron chi connectivity index (χ0n) is 7.02. The van der Waals surface area contributed by atoms with E-state index >= 15 is 0 Å². The molecule has 1 unspecified atom stereocenters. The van der Waals surface area contributed by atoms with Crippen molar-refractivity contribution in [3.8, 4) is 6.07 Å². The van der Waals surface area contributed by atoms with Crippen molar-refractivity contribution >= 4 is 0 Å². The van der Waals surface area contributed by atoms with Crippen LogP contribution < -0.4 is 5.32 Å². The summed E-state index contributed by atoms with van der Waals surface area (Å²) < 4.78 is 0. The third-order valence-electron chi connectivity index (χ3n) is 1.69. The van der Waals surface area contributed by atoms with Crippen LogP contribution in [-0.2, 0) is 0 Å². The Bertz CT molecular complexity index is 113. The Kier molecular flexibility index (Phi) is 4.96. The van der Waals surface area contributed by atoms with Crippen LogP contribution in [0.5, 0.6) is 0 Å². The number of nitrogens with one attached hydrogen (secondary N) is 1. The number of rotatable bonds is 4. The molecule has 0 aromatic heterocycles. The van der Waals surface area contributed by atoms with Crippen molar-refractivity contribution in [1.29, 1.82) is 5.26 Å². The Morgan fingerprint density at radius 1 is 1.50 bits per heavy atom. The average molecular weight is 140 g/mol. The van der Waals surface area contributed by atoms with Gasteiger partial charge in [-0.15, -0.1) is 0 Å². The minimum atomic E-state index is 0.469. The Morgan fingerprint density at radius 2 is 2.10 bits per heavy atom. The minimum absolute atomic E-state index is 0.469. The van der Waals surface area contributed by atoms with E-state index < -0.39 is 0 Å².